The van der Waals surface area contributed by atoms with Crippen LogP contribution in [-0.4, -0.2) is 0 Å². The normalized spacial score (nSPS) is 11.5. The predicted molar refractivity (Wildman–Crippen MR) is 249 cm³/mol. The molecule has 10 rings (SSSR count). The molecular formula is C54H44S2. The average Bonchev–Trinajstić information content (AvgIpc) is 3.82. The van der Waals surface area contributed by atoms with E-state index in [9.17, 15) is 0 Å². The lowest BCUT2D eigenvalue weighted by Gasteiger charge is -2.09. The number of fused-ring (bicyclic) bond motifs is 6. The lowest BCUT2D eigenvalue weighted by molar-refractivity contribution is 0.867. The Morgan fingerprint density at radius 2 is 0.696 bits per heavy atom. The van der Waals surface area contributed by atoms with E-state index < -0.39 is 0 Å². The van der Waals surface area contributed by atoms with Gasteiger partial charge in [-0.3, -0.25) is 0 Å². The van der Waals surface area contributed by atoms with Crippen LogP contribution < -0.4 is 0 Å². The smallest absolute Gasteiger partial charge is 0.0433 e. The summed E-state index contributed by atoms with van der Waals surface area (Å²) in [5, 5.41) is 5.41. The van der Waals surface area contributed by atoms with Crippen molar-refractivity contribution in [2.45, 2.75) is 39.5 Å². The molecule has 0 aliphatic carbocycles. The SMILES string of the molecule is CC(C)c1ccc(-c2ccc(-c3ccc4sc5ccccc5c4c3)cc2)cc1.CC(C)c1ccc(-c2ccc(-c3cccc4c3sc3ccccc34)cc2)cc1. The first-order chi connectivity index (χ1) is 27.4. The summed E-state index contributed by atoms with van der Waals surface area (Å²) in [5.74, 6) is 1.14. The molecule has 0 fully saturated rings. The van der Waals surface area contributed by atoms with Crippen LogP contribution in [0.15, 0.2) is 182 Å². The highest BCUT2D eigenvalue weighted by Crippen LogP contribution is 2.40. The third kappa shape index (κ3) is 7.07. The van der Waals surface area contributed by atoms with E-state index in [-0.39, 0.29) is 0 Å². The minimum Gasteiger partial charge on any atom is -0.135 e. The van der Waals surface area contributed by atoms with E-state index in [1.807, 2.05) is 22.7 Å². The zero-order valence-electron chi connectivity index (χ0n) is 32.3. The maximum atomic E-state index is 2.33. The first-order valence-electron chi connectivity index (χ1n) is 19.6. The zero-order chi connectivity index (χ0) is 38.2. The van der Waals surface area contributed by atoms with E-state index in [4.69, 9.17) is 0 Å². The van der Waals surface area contributed by atoms with Gasteiger partial charge in [-0.1, -0.05) is 185 Å². The molecule has 0 saturated carbocycles. The van der Waals surface area contributed by atoms with Gasteiger partial charge in [0.05, 0.1) is 0 Å². The van der Waals surface area contributed by atoms with Gasteiger partial charge in [-0.25, -0.2) is 0 Å². The van der Waals surface area contributed by atoms with Gasteiger partial charge in [0.2, 0.25) is 0 Å². The fraction of sp³-hybridized carbons (Fsp3) is 0.111. The van der Waals surface area contributed by atoms with E-state index in [1.165, 1.54) is 96.0 Å². The molecule has 0 N–H and O–H groups in total. The van der Waals surface area contributed by atoms with Crippen LogP contribution in [0.3, 0.4) is 0 Å². The molecule has 272 valence electrons. The fourth-order valence-electron chi connectivity index (χ4n) is 7.70. The summed E-state index contributed by atoms with van der Waals surface area (Å²) in [5.41, 5.74) is 13.0. The fourth-order valence-corrected chi connectivity index (χ4v) is 10.0. The second kappa shape index (κ2) is 15.4. The summed E-state index contributed by atoms with van der Waals surface area (Å²) >= 11 is 3.76. The highest BCUT2D eigenvalue weighted by Gasteiger charge is 2.11. The first kappa shape index (κ1) is 35.9. The maximum absolute atomic E-state index is 2.33. The van der Waals surface area contributed by atoms with E-state index in [0.717, 1.165) is 0 Å². The molecule has 8 aromatic carbocycles. The van der Waals surface area contributed by atoms with Gasteiger partial charge in [-0.05, 0) is 91.7 Å². The van der Waals surface area contributed by atoms with E-state index in [1.54, 1.807) is 0 Å². The summed E-state index contributed by atoms with van der Waals surface area (Å²) in [7, 11) is 0. The van der Waals surface area contributed by atoms with Crippen LogP contribution in [0.4, 0.5) is 0 Å². The van der Waals surface area contributed by atoms with Crippen molar-refractivity contribution in [3.63, 3.8) is 0 Å². The maximum Gasteiger partial charge on any atom is 0.0433 e. The average molecular weight is 757 g/mol. The van der Waals surface area contributed by atoms with Crippen molar-refractivity contribution in [3.05, 3.63) is 193 Å². The van der Waals surface area contributed by atoms with E-state index in [2.05, 4.69) is 210 Å². The minimum atomic E-state index is 0.568. The molecule has 0 atom stereocenters. The van der Waals surface area contributed by atoms with Gasteiger partial charge in [0, 0.05) is 40.3 Å². The van der Waals surface area contributed by atoms with E-state index in [0.29, 0.717) is 11.8 Å². The Morgan fingerprint density at radius 1 is 0.304 bits per heavy atom. The predicted octanol–water partition coefficient (Wildman–Crippen LogP) is 17.0. The molecule has 0 nitrogen and oxygen atoms in total. The van der Waals surface area contributed by atoms with Crippen LogP contribution in [0.5, 0.6) is 0 Å². The summed E-state index contributed by atoms with van der Waals surface area (Å²) in [4.78, 5) is 0. The van der Waals surface area contributed by atoms with E-state index >= 15 is 0 Å². The molecule has 0 saturated heterocycles. The second-order valence-electron chi connectivity index (χ2n) is 15.3. The Balaban J connectivity index is 0.000000146. The first-order valence-corrected chi connectivity index (χ1v) is 21.3. The zero-order valence-corrected chi connectivity index (χ0v) is 33.9. The van der Waals surface area contributed by atoms with Crippen LogP contribution in [0.1, 0.15) is 50.7 Å². The van der Waals surface area contributed by atoms with Crippen molar-refractivity contribution >= 4 is 63.0 Å². The Kier molecular flexibility index (Phi) is 9.85. The Bertz CT molecular complexity index is 2910. The minimum absolute atomic E-state index is 0.568. The van der Waals surface area contributed by atoms with Crippen molar-refractivity contribution in [1.82, 2.24) is 0 Å². The molecule has 0 radical (unpaired) electrons. The van der Waals surface area contributed by atoms with Gasteiger partial charge in [0.25, 0.3) is 0 Å². The Hall–Kier alpha value is -5.80. The number of hydrogen-bond donors (Lipinski definition) is 0. The van der Waals surface area contributed by atoms with Gasteiger partial charge in [0.15, 0.2) is 0 Å². The van der Waals surface area contributed by atoms with Crippen LogP contribution in [0.2, 0.25) is 0 Å². The molecule has 2 aromatic heterocycles. The molecule has 0 spiro atoms. The number of thiophene rings is 2. The molecule has 10 aromatic rings. The highest BCUT2D eigenvalue weighted by atomic mass is 32.1. The van der Waals surface area contributed by atoms with Crippen LogP contribution in [0, 0.1) is 0 Å². The van der Waals surface area contributed by atoms with Crippen molar-refractivity contribution in [2.75, 3.05) is 0 Å². The molecule has 0 aliphatic heterocycles. The third-order valence-electron chi connectivity index (χ3n) is 11.0. The topological polar surface area (TPSA) is 0 Å². The summed E-state index contributed by atoms with van der Waals surface area (Å²) < 4.78 is 5.44. The third-order valence-corrected chi connectivity index (χ3v) is 13.4. The number of hydrogen-bond acceptors (Lipinski definition) is 2. The second-order valence-corrected chi connectivity index (χ2v) is 17.4. The van der Waals surface area contributed by atoms with Crippen LogP contribution >= 0.6 is 22.7 Å². The molecule has 2 heteroatoms. The lowest BCUT2D eigenvalue weighted by atomic mass is 9.97. The Labute approximate surface area is 338 Å². The molecule has 0 bridgehead atoms. The Morgan fingerprint density at radius 3 is 1.23 bits per heavy atom. The highest BCUT2D eigenvalue weighted by molar-refractivity contribution is 7.26. The van der Waals surface area contributed by atoms with Gasteiger partial charge in [-0.15, -0.1) is 22.7 Å². The molecule has 0 aliphatic rings. The summed E-state index contributed by atoms with van der Waals surface area (Å²) in [6.07, 6.45) is 0. The molecular weight excluding hydrogens is 713 g/mol. The van der Waals surface area contributed by atoms with Crippen molar-refractivity contribution in [3.8, 4) is 44.5 Å². The summed E-state index contributed by atoms with van der Waals surface area (Å²) in [6.45, 7) is 8.94. The molecule has 0 unspecified atom stereocenters. The van der Waals surface area contributed by atoms with Crippen LogP contribution in [-0.2, 0) is 0 Å². The van der Waals surface area contributed by atoms with Crippen molar-refractivity contribution in [2.24, 2.45) is 0 Å². The monoisotopic (exact) mass is 756 g/mol. The van der Waals surface area contributed by atoms with Crippen molar-refractivity contribution in [1.29, 1.82) is 0 Å². The van der Waals surface area contributed by atoms with Crippen LogP contribution in [0.25, 0.3) is 84.9 Å². The molecule has 0 amide bonds. The number of benzene rings is 8. The quantitative estimate of drug-likeness (QED) is 0.158. The number of rotatable bonds is 6. The standard InChI is InChI=1S/2C27H22S/c1-18(2)19-10-12-20(13-11-19)21-14-16-22(17-15-21)23-7-5-8-25-24-6-3-4-9-26(24)28-27(23)25;1-18(2)19-7-9-20(10-8-19)21-11-13-22(14-12-21)23-15-16-27-25(17-23)24-5-3-4-6-26(24)28-27/h2*3-18H,1-2H3. The molecule has 2 heterocycles. The molecule has 56 heavy (non-hydrogen) atoms. The van der Waals surface area contributed by atoms with Gasteiger partial charge in [0.1, 0.15) is 0 Å². The van der Waals surface area contributed by atoms with Gasteiger partial charge >= 0.3 is 0 Å². The summed E-state index contributed by atoms with van der Waals surface area (Å²) in [6, 6.07) is 66.7. The lowest BCUT2D eigenvalue weighted by Crippen LogP contribution is -1.87. The van der Waals surface area contributed by atoms with Crippen molar-refractivity contribution < 1.29 is 0 Å². The van der Waals surface area contributed by atoms with Gasteiger partial charge in [-0.2, -0.15) is 0 Å². The largest absolute Gasteiger partial charge is 0.135 e. The van der Waals surface area contributed by atoms with Gasteiger partial charge < -0.3 is 0 Å².